The second-order valence-corrected chi connectivity index (χ2v) is 5.76. The summed E-state index contributed by atoms with van der Waals surface area (Å²) in [4.78, 5) is 4.24. The first-order valence-corrected chi connectivity index (χ1v) is 7.07. The van der Waals surface area contributed by atoms with Crippen LogP contribution >= 0.6 is 11.3 Å². The molecule has 0 aliphatic carbocycles. The lowest BCUT2D eigenvalue weighted by Gasteiger charge is -2.06. The van der Waals surface area contributed by atoms with E-state index in [2.05, 4.69) is 10.3 Å². The largest absolute Gasteiger partial charge is 0.383 e. The van der Waals surface area contributed by atoms with Gasteiger partial charge in [-0.15, -0.1) is 11.3 Å². The molecule has 2 aromatic carbocycles. The van der Waals surface area contributed by atoms with E-state index in [9.17, 15) is 8.78 Å². The minimum Gasteiger partial charge on any atom is -0.383 e. The molecule has 3 aromatic rings. The SMILES string of the molecule is NC1=Nc2cc(F)c(F)cc2Nc2sc3ccccc3c21. The fourth-order valence-corrected chi connectivity index (χ4v) is 3.55. The first-order valence-electron chi connectivity index (χ1n) is 6.25. The molecule has 0 saturated heterocycles. The fraction of sp³-hybridized carbons (Fsp3) is 0. The van der Waals surface area contributed by atoms with Crippen LogP contribution in [0.3, 0.4) is 0 Å². The number of fused-ring (bicyclic) bond motifs is 4. The number of anilines is 2. The van der Waals surface area contributed by atoms with Crippen molar-refractivity contribution in [1.82, 2.24) is 0 Å². The molecule has 1 aliphatic heterocycles. The summed E-state index contributed by atoms with van der Waals surface area (Å²) in [5.41, 5.74) is 7.53. The molecule has 3 N–H and O–H groups in total. The van der Waals surface area contributed by atoms with Crippen molar-refractivity contribution in [3.63, 3.8) is 0 Å². The summed E-state index contributed by atoms with van der Waals surface area (Å²) in [6.07, 6.45) is 0. The van der Waals surface area contributed by atoms with Gasteiger partial charge >= 0.3 is 0 Å². The third kappa shape index (κ3) is 1.80. The molecular formula is C15H9F2N3S. The van der Waals surface area contributed by atoms with Gasteiger partial charge in [0.15, 0.2) is 11.6 Å². The molecule has 1 aromatic heterocycles. The van der Waals surface area contributed by atoms with Crippen molar-refractivity contribution in [1.29, 1.82) is 0 Å². The summed E-state index contributed by atoms with van der Waals surface area (Å²) in [5.74, 6) is -1.57. The highest BCUT2D eigenvalue weighted by Gasteiger charge is 2.21. The molecule has 0 amide bonds. The zero-order chi connectivity index (χ0) is 14.6. The van der Waals surface area contributed by atoms with Gasteiger partial charge in [-0.1, -0.05) is 18.2 Å². The summed E-state index contributed by atoms with van der Waals surface area (Å²) in [6.45, 7) is 0. The highest BCUT2D eigenvalue weighted by Crippen LogP contribution is 2.42. The quantitative estimate of drug-likeness (QED) is 0.651. The third-order valence-corrected chi connectivity index (χ3v) is 4.47. The van der Waals surface area contributed by atoms with Crippen molar-refractivity contribution in [2.45, 2.75) is 0 Å². The molecule has 0 bridgehead atoms. The summed E-state index contributed by atoms with van der Waals surface area (Å²) in [5, 5.41) is 4.86. The van der Waals surface area contributed by atoms with Crippen molar-refractivity contribution >= 4 is 43.6 Å². The van der Waals surface area contributed by atoms with Crippen LogP contribution in [0.2, 0.25) is 0 Å². The maximum atomic E-state index is 13.4. The Kier molecular flexibility index (Phi) is 2.49. The second kappa shape index (κ2) is 4.26. The van der Waals surface area contributed by atoms with Crippen LogP contribution in [0.15, 0.2) is 41.4 Å². The van der Waals surface area contributed by atoms with Crippen LogP contribution < -0.4 is 11.1 Å². The van der Waals surface area contributed by atoms with E-state index in [1.165, 1.54) is 11.3 Å². The number of rotatable bonds is 0. The molecule has 104 valence electrons. The number of benzene rings is 2. The minimum absolute atomic E-state index is 0.291. The lowest BCUT2D eigenvalue weighted by molar-refractivity contribution is 0.509. The van der Waals surface area contributed by atoms with Gasteiger partial charge in [-0.2, -0.15) is 0 Å². The predicted octanol–water partition coefficient (Wildman–Crippen LogP) is 4.27. The van der Waals surface area contributed by atoms with E-state index in [0.29, 0.717) is 17.2 Å². The maximum Gasteiger partial charge on any atom is 0.161 e. The van der Waals surface area contributed by atoms with E-state index < -0.39 is 11.6 Å². The normalized spacial score (nSPS) is 13.1. The molecule has 3 nitrogen and oxygen atoms in total. The Morgan fingerprint density at radius 2 is 1.86 bits per heavy atom. The molecule has 0 saturated carbocycles. The van der Waals surface area contributed by atoms with E-state index in [-0.39, 0.29) is 0 Å². The Balaban J connectivity index is 2.02. The Hall–Kier alpha value is -2.47. The van der Waals surface area contributed by atoms with E-state index in [1.807, 2.05) is 24.3 Å². The Labute approximate surface area is 122 Å². The first kappa shape index (κ1) is 12.3. The molecule has 6 heteroatoms. The van der Waals surface area contributed by atoms with Crippen molar-refractivity contribution in [3.8, 4) is 0 Å². The van der Waals surface area contributed by atoms with Crippen LogP contribution in [0.25, 0.3) is 10.1 Å². The number of hydrogen-bond acceptors (Lipinski definition) is 4. The van der Waals surface area contributed by atoms with Gasteiger partial charge in [0.25, 0.3) is 0 Å². The van der Waals surface area contributed by atoms with Gasteiger partial charge < -0.3 is 11.1 Å². The molecule has 0 atom stereocenters. The number of nitrogens with one attached hydrogen (secondary N) is 1. The van der Waals surface area contributed by atoms with Crippen LogP contribution in [-0.4, -0.2) is 5.84 Å². The number of aliphatic imine (C=N–C) groups is 1. The summed E-state index contributed by atoms with van der Waals surface area (Å²) in [7, 11) is 0. The molecule has 1 aliphatic rings. The minimum atomic E-state index is -0.942. The highest BCUT2D eigenvalue weighted by atomic mass is 32.1. The molecule has 0 radical (unpaired) electrons. The van der Waals surface area contributed by atoms with Crippen LogP contribution in [-0.2, 0) is 0 Å². The smallest absolute Gasteiger partial charge is 0.161 e. The number of nitrogens with two attached hydrogens (primary N) is 1. The van der Waals surface area contributed by atoms with Gasteiger partial charge in [-0.05, 0) is 6.07 Å². The van der Waals surface area contributed by atoms with Gasteiger partial charge in [0, 0.05) is 22.2 Å². The van der Waals surface area contributed by atoms with Crippen molar-refractivity contribution < 1.29 is 8.78 Å². The van der Waals surface area contributed by atoms with Crippen molar-refractivity contribution in [2.75, 3.05) is 5.32 Å². The molecule has 0 spiro atoms. The van der Waals surface area contributed by atoms with E-state index in [1.54, 1.807) is 0 Å². The zero-order valence-corrected chi connectivity index (χ0v) is 11.5. The number of amidine groups is 1. The average Bonchev–Trinajstić information content (AvgIpc) is 2.76. The average molecular weight is 301 g/mol. The number of hydrogen-bond donors (Lipinski definition) is 2. The van der Waals surface area contributed by atoms with E-state index >= 15 is 0 Å². The summed E-state index contributed by atoms with van der Waals surface area (Å²) >= 11 is 1.50. The number of thiophene rings is 1. The van der Waals surface area contributed by atoms with Gasteiger partial charge in [-0.25, -0.2) is 13.8 Å². The van der Waals surface area contributed by atoms with Gasteiger partial charge in [0.2, 0.25) is 0 Å². The van der Waals surface area contributed by atoms with Crippen molar-refractivity contribution in [2.24, 2.45) is 10.7 Å². The number of halogens is 2. The molecule has 4 rings (SSSR count). The van der Waals surface area contributed by atoms with Gasteiger partial charge in [0.05, 0.1) is 16.9 Å². The lowest BCUT2D eigenvalue weighted by Crippen LogP contribution is -2.12. The Bertz CT molecular complexity index is 915. The second-order valence-electron chi connectivity index (χ2n) is 4.71. The first-order chi connectivity index (χ1) is 10.1. The topological polar surface area (TPSA) is 50.4 Å². The fourth-order valence-electron chi connectivity index (χ4n) is 2.42. The van der Waals surface area contributed by atoms with E-state index in [4.69, 9.17) is 5.73 Å². The van der Waals surface area contributed by atoms with Gasteiger partial charge in [0.1, 0.15) is 10.8 Å². The summed E-state index contributed by atoms with van der Waals surface area (Å²) < 4.78 is 27.8. The van der Waals surface area contributed by atoms with Crippen LogP contribution in [0, 0.1) is 11.6 Å². The lowest BCUT2D eigenvalue weighted by atomic mass is 10.1. The van der Waals surface area contributed by atoms with Crippen LogP contribution in [0.1, 0.15) is 5.56 Å². The predicted molar refractivity (Wildman–Crippen MR) is 81.9 cm³/mol. The molecule has 0 unspecified atom stereocenters. The standard InChI is InChI=1S/C15H9F2N3S/c16-8-5-10-11(6-9(8)17)20-15-13(14(18)19-10)7-3-1-2-4-12(7)21-15/h1-6,20H,(H2,18,19). The molecule has 0 fully saturated rings. The highest BCUT2D eigenvalue weighted by molar-refractivity contribution is 7.23. The zero-order valence-electron chi connectivity index (χ0n) is 10.7. The Morgan fingerprint density at radius 1 is 1.10 bits per heavy atom. The van der Waals surface area contributed by atoms with Crippen LogP contribution in [0.4, 0.5) is 25.2 Å². The van der Waals surface area contributed by atoms with E-state index in [0.717, 1.165) is 32.8 Å². The van der Waals surface area contributed by atoms with Gasteiger partial charge in [-0.3, -0.25) is 0 Å². The van der Waals surface area contributed by atoms with Crippen LogP contribution in [0.5, 0.6) is 0 Å². The summed E-state index contributed by atoms with van der Waals surface area (Å²) in [6, 6.07) is 9.93. The van der Waals surface area contributed by atoms with Crippen molar-refractivity contribution in [3.05, 3.63) is 53.6 Å². The third-order valence-electron chi connectivity index (χ3n) is 3.38. The molecular weight excluding hydrogens is 292 g/mol. The number of nitrogens with zero attached hydrogens (tertiary/aromatic N) is 1. The molecule has 21 heavy (non-hydrogen) atoms. The maximum absolute atomic E-state index is 13.4. The molecule has 2 heterocycles. The Morgan fingerprint density at radius 3 is 2.71 bits per heavy atom. The monoisotopic (exact) mass is 301 g/mol.